The predicted octanol–water partition coefficient (Wildman–Crippen LogP) is 3.56. The quantitative estimate of drug-likeness (QED) is 0.791. The molecule has 0 aliphatic carbocycles. The monoisotopic (exact) mass is 335 g/mol. The molecule has 0 fully saturated rings. The van der Waals surface area contributed by atoms with Crippen molar-refractivity contribution in [3.63, 3.8) is 0 Å². The van der Waals surface area contributed by atoms with E-state index in [1.54, 1.807) is 6.07 Å². The Morgan fingerprint density at radius 2 is 2.28 bits per heavy atom. The van der Waals surface area contributed by atoms with Crippen LogP contribution in [0.1, 0.15) is 18.9 Å². The highest BCUT2D eigenvalue weighted by atomic mass is 79.9. The van der Waals surface area contributed by atoms with Gasteiger partial charge in [-0.1, -0.05) is 40.5 Å². The summed E-state index contributed by atoms with van der Waals surface area (Å²) in [5.74, 6) is -0.251. The first-order valence-corrected chi connectivity index (χ1v) is 7.30. The van der Waals surface area contributed by atoms with Crippen LogP contribution >= 0.6 is 27.5 Å². The van der Waals surface area contributed by atoms with Gasteiger partial charge in [0.15, 0.2) is 0 Å². The van der Waals surface area contributed by atoms with Gasteiger partial charge in [0.1, 0.15) is 5.82 Å². The molecule has 0 bridgehead atoms. The third kappa shape index (κ3) is 4.94. The summed E-state index contributed by atoms with van der Waals surface area (Å²) in [6, 6.07) is 4.42. The van der Waals surface area contributed by atoms with E-state index >= 15 is 0 Å². The molecule has 0 radical (unpaired) electrons. The van der Waals surface area contributed by atoms with E-state index in [-0.39, 0.29) is 17.9 Å². The summed E-state index contributed by atoms with van der Waals surface area (Å²) in [5, 5.41) is 3.98. The molecule has 18 heavy (non-hydrogen) atoms. The molecule has 0 aliphatic rings. The molecule has 5 heteroatoms. The summed E-state index contributed by atoms with van der Waals surface area (Å²) >= 11 is 9.21. The fraction of sp³-hybridized carbons (Fsp3) is 0.462. The zero-order chi connectivity index (χ0) is 13.5. The molecule has 1 rings (SSSR count). The molecule has 2 nitrogen and oxygen atoms in total. The molecule has 1 aromatic rings. The van der Waals surface area contributed by atoms with Gasteiger partial charge in [-0.05, 0) is 24.5 Å². The maximum absolute atomic E-state index is 13.5. The molecule has 1 atom stereocenters. The second-order valence-electron chi connectivity index (χ2n) is 4.26. The third-order valence-electron chi connectivity index (χ3n) is 2.65. The topological polar surface area (TPSA) is 29.1 Å². The van der Waals surface area contributed by atoms with Crippen molar-refractivity contribution in [3.8, 4) is 0 Å². The Balaban J connectivity index is 2.50. The van der Waals surface area contributed by atoms with Crippen molar-refractivity contribution in [1.82, 2.24) is 5.32 Å². The summed E-state index contributed by atoms with van der Waals surface area (Å²) < 4.78 is 13.5. The van der Waals surface area contributed by atoms with Crippen LogP contribution in [0.2, 0.25) is 5.02 Å². The number of benzene rings is 1. The van der Waals surface area contributed by atoms with Crippen molar-refractivity contribution >= 4 is 33.4 Å². The lowest BCUT2D eigenvalue weighted by atomic mass is 10.1. The van der Waals surface area contributed by atoms with E-state index in [4.69, 9.17) is 11.6 Å². The minimum atomic E-state index is -0.439. The second-order valence-corrected chi connectivity index (χ2v) is 5.46. The first-order chi connectivity index (χ1) is 8.54. The van der Waals surface area contributed by atoms with Gasteiger partial charge in [-0.25, -0.2) is 4.39 Å². The summed E-state index contributed by atoms with van der Waals surface area (Å²) in [6.45, 7) is 2.65. The fourth-order valence-electron chi connectivity index (χ4n) is 1.50. The average molecular weight is 337 g/mol. The lowest BCUT2D eigenvalue weighted by molar-refractivity contribution is -0.120. The Bertz CT molecular complexity index is 394. The smallest absolute Gasteiger partial charge is 0.224 e. The van der Waals surface area contributed by atoms with Gasteiger partial charge >= 0.3 is 0 Å². The van der Waals surface area contributed by atoms with Crippen LogP contribution in [0.5, 0.6) is 0 Å². The molecule has 0 saturated heterocycles. The standard InChI is InChI=1S/C13H16BrClFNO/c1-9(5-6-14)8-17-13(18)7-10-11(15)3-2-4-12(10)16/h2-4,9H,5-8H2,1H3,(H,17,18). The molecule has 0 saturated carbocycles. The van der Waals surface area contributed by atoms with Gasteiger partial charge in [0, 0.05) is 22.5 Å². The Kier molecular flexibility index (Phi) is 6.65. The van der Waals surface area contributed by atoms with Crippen molar-refractivity contribution in [2.45, 2.75) is 19.8 Å². The van der Waals surface area contributed by atoms with Crippen LogP contribution in [-0.4, -0.2) is 17.8 Å². The zero-order valence-corrected chi connectivity index (χ0v) is 12.5. The van der Waals surface area contributed by atoms with E-state index in [0.717, 1.165) is 11.8 Å². The minimum absolute atomic E-state index is 0.0213. The van der Waals surface area contributed by atoms with Crippen LogP contribution in [0.25, 0.3) is 0 Å². The zero-order valence-electron chi connectivity index (χ0n) is 10.2. The van der Waals surface area contributed by atoms with E-state index in [9.17, 15) is 9.18 Å². The van der Waals surface area contributed by atoms with E-state index in [1.165, 1.54) is 12.1 Å². The van der Waals surface area contributed by atoms with Gasteiger partial charge in [-0.2, -0.15) is 0 Å². The number of amides is 1. The molecule has 1 aromatic carbocycles. The fourth-order valence-corrected chi connectivity index (χ4v) is 2.51. The Hall–Kier alpha value is -0.610. The number of alkyl halides is 1. The van der Waals surface area contributed by atoms with E-state index in [0.29, 0.717) is 17.5 Å². The second kappa shape index (κ2) is 7.74. The highest BCUT2D eigenvalue weighted by Gasteiger charge is 2.12. The van der Waals surface area contributed by atoms with E-state index < -0.39 is 5.82 Å². The molecule has 0 heterocycles. The number of carbonyl (C=O) groups excluding carboxylic acids is 1. The number of hydrogen-bond donors (Lipinski definition) is 1. The van der Waals surface area contributed by atoms with Crippen LogP contribution in [0, 0.1) is 11.7 Å². The Labute approximate surface area is 120 Å². The largest absolute Gasteiger partial charge is 0.356 e. The summed E-state index contributed by atoms with van der Waals surface area (Å²) in [6.07, 6.45) is 0.966. The van der Waals surface area contributed by atoms with Crippen molar-refractivity contribution in [2.75, 3.05) is 11.9 Å². The lowest BCUT2D eigenvalue weighted by Crippen LogP contribution is -2.30. The molecule has 100 valence electrons. The molecule has 0 aromatic heterocycles. The number of carbonyl (C=O) groups is 1. The van der Waals surface area contributed by atoms with Gasteiger partial charge in [-0.15, -0.1) is 0 Å². The van der Waals surface area contributed by atoms with E-state index in [2.05, 4.69) is 28.2 Å². The first kappa shape index (κ1) is 15.4. The van der Waals surface area contributed by atoms with Gasteiger partial charge in [0.2, 0.25) is 5.91 Å². The minimum Gasteiger partial charge on any atom is -0.356 e. The third-order valence-corrected chi connectivity index (χ3v) is 3.46. The molecule has 0 spiro atoms. The number of hydrogen-bond acceptors (Lipinski definition) is 1. The molecule has 1 unspecified atom stereocenters. The van der Waals surface area contributed by atoms with Gasteiger partial charge < -0.3 is 5.32 Å². The summed E-state index contributed by atoms with van der Waals surface area (Å²) in [7, 11) is 0. The summed E-state index contributed by atoms with van der Waals surface area (Å²) in [4.78, 5) is 11.7. The maximum atomic E-state index is 13.5. The maximum Gasteiger partial charge on any atom is 0.224 e. The Morgan fingerprint density at radius 3 is 2.89 bits per heavy atom. The van der Waals surface area contributed by atoms with Gasteiger partial charge in [0.05, 0.1) is 6.42 Å². The van der Waals surface area contributed by atoms with E-state index in [1.807, 2.05) is 0 Å². The predicted molar refractivity (Wildman–Crippen MR) is 75.7 cm³/mol. The van der Waals surface area contributed by atoms with Crippen LogP contribution in [0.15, 0.2) is 18.2 Å². The Morgan fingerprint density at radius 1 is 1.56 bits per heavy atom. The highest BCUT2D eigenvalue weighted by molar-refractivity contribution is 9.09. The first-order valence-electron chi connectivity index (χ1n) is 5.80. The normalized spacial score (nSPS) is 12.2. The average Bonchev–Trinajstić information content (AvgIpc) is 2.32. The van der Waals surface area contributed by atoms with Crippen LogP contribution < -0.4 is 5.32 Å². The molecule has 1 amide bonds. The van der Waals surface area contributed by atoms with Crippen molar-refractivity contribution in [3.05, 3.63) is 34.6 Å². The van der Waals surface area contributed by atoms with Crippen LogP contribution in [0.4, 0.5) is 4.39 Å². The SMILES string of the molecule is CC(CCBr)CNC(=O)Cc1c(F)cccc1Cl. The molecule has 0 aliphatic heterocycles. The van der Waals surface area contributed by atoms with Crippen molar-refractivity contribution in [1.29, 1.82) is 0 Å². The molecular formula is C13H16BrClFNO. The number of rotatable bonds is 6. The van der Waals surface area contributed by atoms with Crippen molar-refractivity contribution in [2.24, 2.45) is 5.92 Å². The van der Waals surface area contributed by atoms with Crippen LogP contribution in [0.3, 0.4) is 0 Å². The lowest BCUT2D eigenvalue weighted by Gasteiger charge is -2.11. The van der Waals surface area contributed by atoms with Gasteiger partial charge in [-0.3, -0.25) is 4.79 Å². The molecular weight excluding hydrogens is 321 g/mol. The number of nitrogens with one attached hydrogen (secondary N) is 1. The highest BCUT2D eigenvalue weighted by Crippen LogP contribution is 2.19. The molecule has 1 N–H and O–H groups in total. The van der Waals surface area contributed by atoms with Gasteiger partial charge in [0.25, 0.3) is 0 Å². The van der Waals surface area contributed by atoms with Crippen molar-refractivity contribution < 1.29 is 9.18 Å². The number of halogens is 3. The van der Waals surface area contributed by atoms with Crippen LogP contribution in [-0.2, 0) is 11.2 Å². The summed E-state index contributed by atoms with van der Waals surface area (Å²) in [5.41, 5.74) is 0.254.